The normalized spacial score (nSPS) is 10.1. The lowest BCUT2D eigenvalue weighted by Gasteiger charge is -2.07. The first kappa shape index (κ1) is 9.71. The van der Waals surface area contributed by atoms with Crippen LogP contribution >= 0.6 is 0 Å². The maximum atomic E-state index is 13.1. The highest BCUT2D eigenvalue weighted by Crippen LogP contribution is 2.24. The fourth-order valence-corrected chi connectivity index (χ4v) is 1.35. The Hall–Kier alpha value is -1.38. The number of rotatable bonds is 2. The molecule has 0 saturated carbocycles. The van der Waals surface area contributed by atoms with Crippen LogP contribution in [0.5, 0.6) is 5.75 Å². The smallest absolute Gasteiger partial charge is 0.163 e. The van der Waals surface area contributed by atoms with E-state index in [2.05, 4.69) is 0 Å². The molecule has 1 rings (SSSR count). The second kappa shape index (κ2) is 3.56. The molecule has 0 radical (unpaired) electrons. The van der Waals surface area contributed by atoms with E-state index in [1.165, 1.54) is 19.1 Å². The molecule has 0 aliphatic carbocycles. The molecule has 0 bridgehead atoms. The Bertz CT molecular complexity index is 345. The number of Topliss-reactive ketones (excluding diaryl/α,β-unsaturated/α-hetero) is 1. The van der Waals surface area contributed by atoms with E-state index in [4.69, 9.17) is 0 Å². The number of phenols is 1. The van der Waals surface area contributed by atoms with Crippen molar-refractivity contribution in [1.82, 2.24) is 0 Å². The predicted octanol–water partition coefficient (Wildman–Crippen LogP) is 2.30. The molecule has 0 fully saturated rings. The minimum Gasteiger partial charge on any atom is -0.507 e. The zero-order valence-electron chi connectivity index (χ0n) is 7.60. The third-order valence-electron chi connectivity index (χ3n) is 1.94. The monoisotopic (exact) mass is 182 g/mol. The molecule has 0 unspecified atom stereocenters. The maximum Gasteiger partial charge on any atom is 0.163 e. The predicted molar refractivity (Wildman–Crippen MR) is 47.4 cm³/mol. The highest BCUT2D eigenvalue weighted by atomic mass is 19.1. The van der Waals surface area contributed by atoms with Gasteiger partial charge in [-0.25, -0.2) is 4.39 Å². The van der Waals surface area contributed by atoms with Crippen LogP contribution in [0, 0.1) is 5.82 Å². The van der Waals surface area contributed by atoms with Crippen molar-refractivity contribution in [3.05, 3.63) is 29.1 Å². The van der Waals surface area contributed by atoms with Gasteiger partial charge in [0, 0.05) is 5.56 Å². The Balaban J connectivity index is 3.43. The molecule has 1 aromatic rings. The van der Waals surface area contributed by atoms with Crippen molar-refractivity contribution in [2.45, 2.75) is 20.3 Å². The average Bonchev–Trinajstić information content (AvgIpc) is 2.07. The van der Waals surface area contributed by atoms with Gasteiger partial charge in [-0.15, -0.1) is 0 Å². The van der Waals surface area contributed by atoms with Crippen LogP contribution in [0.1, 0.15) is 29.8 Å². The summed E-state index contributed by atoms with van der Waals surface area (Å²) in [5.74, 6) is -0.898. The van der Waals surface area contributed by atoms with E-state index in [1.54, 1.807) is 6.92 Å². The van der Waals surface area contributed by atoms with Crippen molar-refractivity contribution < 1.29 is 14.3 Å². The molecular weight excluding hydrogens is 171 g/mol. The van der Waals surface area contributed by atoms with Crippen LogP contribution in [0.15, 0.2) is 12.1 Å². The van der Waals surface area contributed by atoms with Crippen molar-refractivity contribution >= 4 is 5.78 Å². The van der Waals surface area contributed by atoms with Crippen LogP contribution in [0.3, 0.4) is 0 Å². The quantitative estimate of drug-likeness (QED) is 0.712. The molecule has 0 spiro atoms. The second-order valence-corrected chi connectivity index (χ2v) is 2.83. The minimum atomic E-state index is -0.439. The summed E-state index contributed by atoms with van der Waals surface area (Å²) in [6, 6.07) is 2.37. The topological polar surface area (TPSA) is 37.3 Å². The van der Waals surface area contributed by atoms with Gasteiger partial charge >= 0.3 is 0 Å². The lowest BCUT2D eigenvalue weighted by molar-refractivity contribution is 0.101. The molecule has 13 heavy (non-hydrogen) atoms. The summed E-state index contributed by atoms with van der Waals surface area (Å²) in [6.07, 6.45) is 0.398. The summed E-state index contributed by atoms with van der Waals surface area (Å²) >= 11 is 0. The third-order valence-corrected chi connectivity index (χ3v) is 1.94. The zero-order chi connectivity index (χ0) is 10.0. The number of carbonyl (C=O) groups is 1. The highest BCUT2D eigenvalue weighted by Gasteiger charge is 2.14. The first-order valence-electron chi connectivity index (χ1n) is 4.09. The average molecular weight is 182 g/mol. The number of carbonyl (C=O) groups excluding carboxylic acids is 1. The molecule has 70 valence electrons. The van der Waals surface area contributed by atoms with E-state index in [-0.39, 0.29) is 22.7 Å². The molecule has 0 amide bonds. The maximum absolute atomic E-state index is 13.1. The Morgan fingerprint density at radius 1 is 1.54 bits per heavy atom. The van der Waals surface area contributed by atoms with E-state index in [1.807, 2.05) is 0 Å². The lowest BCUT2D eigenvalue weighted by atomic mass is 10.0. The van der Waals surface area contributed by atoms with Gasteiger partial charge in [0.1, 0.15) is 11.6 Å². The molecule has 2 nitrogen and oxygen atoms in total. The fourth-order valence-electron chi connectivity index (χ4n) is 1.35. The molecule has 1 aromatic carbocycles. The summed E-state index contributed by atoms with van der Waals surface area (Å²) in [7, 11) is 0. The first-order chi connectivity index (χ1) is 6.07. The minimum absolute atomic E-state index is 0.0995. The van der Waals surface area contributed by atoms with Gasteiger partial charge in [0.2, 0.25) is 0 Å². The van der Waals surface area contributed by atoms with E-state index in [9.17, 15) is 14.3 Å². The van der Waals surface area contributed by atoms with Gasteiger partial charge in [-0.3, -0.25) is 4.79 Å². The molecule has 0 aromatic heterocycles. The van der Waals surface area contributed by atoms with E-state index in [0.29, 0.717) is 6.42 Å². The van der Waals surface area contributed by atoms with Gasteiger partial charge < -0.3 is 5.11 Å². The number of halogens is 1. The Morgan fingerprint density at radius 2 is 2.15 bits per heavy atom. The van der Waals surface area contributed by atoms with E-state index >= 15 is 0 Å². The van der Waals surface area contributed by atoms with E-state index in [0.717, 1.165) is 0 Å². The van der Waals surface area contributed by atoms with E-state index < -0.39 is 5.82 Å². The van der Waals surface area contributed by atoms with Crippen LogP contribution in [-0.2, 0) is 6.42 Å². The molecule has 0 aliphatic heterocycles. The molecule has 0 atom stereocenters. The SMILES string of the molecule is CCc1c(F)ccc(O)c1C(C)=O. The molecule has 1 N–H and O–H groups in total. The second-order valence-electron chi connectivity index (χ2n) is 2.83. The lowest BCUT2D eigenvalue weighted by Crippen LogP contribution is -2.02. The van der Waals surface area contributed by atoms with Gasteiger partial charge in [0.05, 0.1) is 5.56 Å². The zero-order valence-corrected chi connectivity index (χ0v) is 7.60. The van der Waals surface area contributed by atoms with Crippen molar-refractivity contribution in [2.75, 3.05) is 0 Å². The summed E-state index contributed by atoms with van der Waals surface area (Å²) in [6.45, 7) is 3.05. The summed E-state index contributed by atoms with van der Waals surface area (Å²) < 4.78 is 13.1. The summed E-state index contributed by atoms with van der Waals surface area (Å²) in [4.78, 5) is 11.1. The van der Waals surface area contributed by atoms with Gasteiger partial charge in [0.15, 0.2) is 5.78 Å². The van der Waals surface area contributed by atoms with Crippen molar-refractivity contribution in [3.63, 3.8) is 0 Å². The van der Waals surface area contributed by atoms with Gasteiger partial charge in [-0.1, -0.05) is 6.92 Å². The van der Waals surface area contributed by atoms with Gasteiger partial charge in [0.25, 0.3) is 0 Å². The van der Waals surface area contributed by atoms with Crippen molar-refractivity contribution in [2.24, 2.45) is 0 Å². The highest BCUT2D eigenvalue weighted by molar-refractivity contribution is 5.98. The molecule has 0 aliphatic rings. The number of phenolic OH excluding ortho intramolecular Hbond substituents is 1. The van der Waals surface area contributed by atoms with Crippen molar-refractivity contribution in [3.8, 4) is 5.75 Å². The summed E-state index contributed by atoms with van der Waals surface area (Å²) in [5, 5.41) is 9.33. The van der Waals surface area contributed by atoms with Gasteiger partial charge in [-0.2, -0.15) is 0 Å². The fraction of sp³-hybridized carbons (Fsp3) is 0.300. The van der Waals surface area contributed by atoms with Crippen LogP contribution in [0.4, 0.5) is 4.39 Å². The largest absolute Gasteiger partial charge is 0.507 e. The van der Waals surface area contributed by atoms with Crippen molar-refractivity contribution in [1.29, 1.82) is 0 Å². The molecular formula is C10H11FO2. The van der Waals surface area contributed by atoms with Crippen LogP contribution in [-0.4, -0.2) is 10.9 Å². The number of benzene rings is 1. The third kappa shape index (κ3) is 1.69. The molecule has 0 saturated heterocycles. The standard InChI is InChI=1S/C10H11FO2/c1-3-7-8(11)4-5-9(13)10(7)6(2)12/h4-5,13H,3H2,1-2H3. The number of ketones is 1. The Morgan fingerprint density at radius 3 is 2.54 bits per heavy atom. The molecule has 3 heteroatoms. The number of hydrogen-bond acceptors (Lipinski definition) is 2. The first-order valence-corrected chi connectivity index (χ1v) is 4.09. The molecule has 0 heterocycles. The summed E-state index contributed by atoms with van der Waals surface area (Å²) in [5.41, 5.74) is 0.384. The Labute approximate surface area is 76.0 Å². The van der Waals surface area contributed by atoms with Crippen LogP contribution < -0.4 is 0 Å². The number of hydrogen-bond donors (Lipinski definition) is 1. The number of aromatic hydroxyl groups is 1. The Kier molecular flexibility index (Phi) is 2.66. The van der Waals surface area contributed by atoms with Crippen LogP contribution in [0.2, 0.25) is 0 Å². The van der Waals surface area contributed by atoms with Gasteiger partial charge in [-0.05, 0) is 25.5 Å². The van der Waals surface area contributed by atoms with Crippen LogP contribution in [0.25, 0.3) is 0 Å².